The third-order valence-electron chi connectivity index (χ3n) is 4.10. The van der Waals surface area contributed by atoms with E-state index in [2.05, 4.69) is 4.98 Å². The lowest BCUT2D eigenvalue weighted by Gasteiger charge is -2.12. The van der Waals surface area contributed by atoms with Gasteiger partial charge in [0, 0.05) is 5.39 Å². The lowest BCUT2D eigenvalue weighted by atomic mass is 10.0. The third kappa shape index (κ3) is 3.01. The lowest BCUT2D eigenvalue weighted by molar-refractivity contribution is 0.0525. The van der Waals surface area contributed by atoms with Crippen LogP contribution in [0, 0.1) is 6.92 Å². The summed E-state index contributed by atoms with van der Waals surface area (Å²) < 4.78 is 10.3. The first kappa shape index (κ1) is 16.8. The predicted molar refractivity (Wildman–Crippen MR) is 97.3 cm³/mol. The Labute approximate surface area is 145 Å². The van der Waals surface area contributed by atoms with Gasteiger partial charge in [0.25, 0.3) is 0 Å². The molecular weight excluding hydrogens is 318 g/mol. The van der Waals surface area contributed by atoms with Crippen molar-refractivity contribution < 1.29 is 14.3 Å². The van der Waals surface area contributed by atoms with Crippen LogP contribution in [0.3, 0.4) is 0 Å². The topological polar surface area (TPSA) is 68.4 Å². The van der Waals surface area contributed by atoms with Crippen LogP contribution in [0.15, 0.2) is 47.3 Å². The van der Waals surface area contributed by atoms with E-state index in [1.165, 1.54) is 0 Å². The molecule has 0 amide bonds. The van der Waals surface area contributed by atoms with Crippen molar-refractivity contribution >= 4 is 16.9 Å². The number of aromatic amines is 1. The van der Waals surface area contributed by atoms with Crippen molar-refractivity contribution in [1.82, 2.24) is 4.98 Å². The fourth-order valence-electron chi connectivity index (χ4n) is 2.83. The first-order valence-electron chi connectivity index (χ1n) is 8.04. The van der Waals surface area contributed by atoms with Crippen molar-refractivity contribution in [2.75, 3.05) is 13.7 Å². The quantitative estimate of drug-likeness (QED) is 0.737. The summed E-state index contributed by atoms with van der Waals surface area (Å²) in [5.74, 6) is 0.0683. The summed E-state index contributed by atoms with van der Waals surface area (Å²) in [5.41, 5.74) is 2.50. The Bertz CT molecular complexity index is 987. The number of aryl methyl sites for hydroxylation is 1. The summed E-state index contributed by atoms with van der Waals surface area (Å²) in [5, 5.41) is 0.473. The van der Waals surface area contributed by atoms with Gasteiger partial charge < -0.3 is 14.5 Å². The predicted octanol–water partition coefficient (Wildman–Crippen LogP) is 3.69. The average molecular weight is 337 g/mol. The van der Waals surface area contributed by atoms with E-state index >= 15 is 0 Å². The zero-order valence-corrected chi connectivity index (χ0v) is 14.4. The Morgan fingerprint density at radius 1 is 1.12 bits per heavy atom. The maximum atomic E-state index is 13.0. The molecular formula is C20H19NO4. The summed E-state index contributed by atoms with van der Waals surface area (Å²) >= 11 is 0. The molecule has 128 valence electrons. The summed E-state index contributed by atoms with van der Waals surface area (Å²) in [4.78, 5) is 28.7. The number of carbonyl (C=O) groups excluding carboxylic acids is 1. The highest BCUT2D eigenvalue weighted by Crippen LogP contribution is 2.26. The number of aromatic nitrogens is 1. The highest BCUT2D eigenvalue weighted by atomic mass is 16.5. The molecule has 0 aliphatic carbocycles. The van der Waals surface area contributed by atoms with Crippen LogP contribution in [0.4, 0.5) is 0 Å². The monoisotopic (exact) mass is 337 g/mol. The number of para-hydroxylation sites is 1. The van der Waals surface area contributed by atoms with E-state index in [0.717, 1.165) is 5.56 Å². The summed E-state index contributed by atoms with van der Waals surface area (Å²) in [7, 11) is 1.58. The number of hydrogen-bond acceptors (Lipinski definition) is 4. The zero-order chi connectivity index (χ0) is 18.0. The van der Waals surface area contributed by atoms with Gasteiger partial charge in [0.05, 0.1) is 24.9 Å². The number of esters is 1. The van der Waals surface area contributed by atoms with Gasteiger partial charge in [0.2, 0.25) is 5.43 Å². The number of methoxy groups -OCH3 is 1. The number of benzene rings is 2. The van der Waals surface area contributed by atoms with Crippen LogP contribution >= 0.6 is 0 Å². The van der Waals surface area contributed by atoms with Crippen LogP contribution in [-0.4, -0.2) is 24.7 Å². The molecule has 0 saturated heterocycles. The minimum atomic E-state index is -0.627. The first-order chi connectivity index (χ1) is 12.1. The summed E-state index contributed by atoms with van der Waals surface area (Å²) in [6, 6.07) is 12.6. The molecule has 1 N–H and O–H groups in total. The molecule has 2 aromatic carbocycles. The number of carbonyl (C=O) groups is 1. The maximum absolute atomic E-state index is 13.0. The molecule has 1 heterocycles. The van der Waals surface area contributed by atoms with E-state index in [1.54, 1.807) is 50.4 Å². The molecule has 0 atom stereocenters. The van der Waals surface area contributed by atoms with Gasteiger partial charge in [-0.3, -0.25) is 4.79 Å². The zero-order valence-electron chi connectivity index (χ0n) is 14.4. The fraction of sp³-hybridized carbons (Fsp3) is 0.200. The molecule has 5 heteroatoms. The SMILES string of the molecule is CCOC(=O)c1c(-c2ccc(OC)cc2)[nH]c2c(C)cccc2c1=O. The molecule has 0 bridgehead atoms. The number of ether oxygens (including phenoxy) is 2. The molecule has 0 aliphatic heterocycles. The largest absolute Gasteiger partial charge is 0.497 e. The Balaban J connectivity index is 2.34. The standard InChI is InChI=1S/C20H19NO4/c1-4-25-20(23)16-18(13-8-10-14(24-3)11-9-13)21-17-12(2)6-5-7-15(17)19(16)22/h5-11H,4H2,1-3H3,(H,21,22). The van der Waals surface area contributed by atoms with Crippen molar-refractivity contribution in [1.29, 1.82) is 0 Å². The Morgan fingerprint density at radius 2 is 1.84 bits per heavy atom. The smallest absolute Gasteiger partial charge is 0.344 e. The van der Waals surface area contributed by atoms with Gasteiger partial charge >= 0.3 is 5.97 Å². The number of hydrogen-bond donors (Lipinski definition) is 1. The number of H-pyrrole nitrogens is 1. The first-order valence-corrected chi connectivity index (χ1v) is 8.04. The fourth-order valence-corrected chi connectivity index (χ4v) is 2.83. The van der Waals surface area contributed by atoms with E-state index < -0.39 is 5.97 Å². The highest BCUT2D eigenvalue weighted by Gasteiger charge is 2.21. The van der Waals surface area contributed by atoms with Gasteiger partial charge in [0.15, 0.2) is 0 Å². The van der Waals surface area contributed by atoms with E-state index in [-0.39, 0.29) is 17.6 Å². The number of rotatable bonds is 4. The van der Waals surface area contributed by atoms with E-state index in [1.807, 2.05) is 13.0 Å². The normalized spacial score (nSPS) is 10.7. The van der Waals surface area contributed by atoms with Crippen molar-refractivity contribution in [2.45, 2.75) is 13.8 Å². The van der Waals surface area contributed by atoms with Crippen molar-refractivity contribution in [3.63, 3.8) is 0 Å². The van der Waals surface area contributed by atoms with Gasteiger partial charge in [-0.05, 0) is 55.3 Å². The average Bonchev–Trinajstić information content (AvgIpc) is 2.62. The van der Waals surface area contributed by atoms with Gasteiger partial charge in [-0.25, -0.2) is 4.79 Å². The molecule has 0 unspecified atom stereocenters. The van der Waals surface area contributed by atoms with Crippen molar-refractivity contribution in [3.05, 3.63) is 63.8 Å². The number of nitrogens with one attached hydrogen (secondary N) is 1. The molecule has 25 heavy (non-hydrogen) atoms. The molecule has 0 spiro atoms. The van der Waals surface area contributed by atoms with Crippen molar-refractivity contribution in [2.24, 2.45) is 0 Å². The van der Waals surface area contributed by atoms with Crippen LogP contribution in [0.5, 0.6) is 5.75 Å². The molecule has 3 aromatic rings. The van der Waals surface area contributed by atoms with Crippen LogP contribution in [0.25, 0.3) is 22.2 Å². The minimum Gasteiger partial charge on any atom is -0.497 e. The lowest BCUT2D eigenvalue weighted by Crippen LogP contribution is -2.20. The second kappa shape index (κ2) is 6.81. The van der Waals surface area contributed by atoms with E-state index in [4.69, 9.17) is 9.47 Å². The summed E-state index contributed by atoms with van der Waals surface area (Å²) in [6.07, 6.45) is 0. The molecule has 5 nitrogen and oxygen atoms in total. The molecule has 1 aromatic heterocycles. The van der Waals surface area contributed by atoms with E-state index in [9.17, 15) is 9.59 Å². The van der Waals surface area contributed by atoms with Crippen LogP contribution in [0.2, 0.25) is 0 Å². The molecule has 0 saturated carbocycles. The molecule has 0 radical (unpaired) electrons. The second-order valence-electron chi connectivity index (χ2n) is 5.65. The minimum absolute atomic E-state index is 0.0186. The van der Waals surface area contributed by atoms with Crippen LogP contribution in [0.1, 0.15) is 22.8 Å². The van der Waals surface area contributed by atoms with Gasteiger partial charge in [-0.1, -0.05) is 12.1 Å². The Hall–Kier alpha value is -3.08. The molecule has 0 fully saturated rings. The maximum Gasteiger partial charge on any atom is 0.344 e. The number of fused-ring (bicyclic) bond motifs is 1. The van der Waals surface area contributed by atoms with Gasteiger partial charge in [-0.2, -0.15) is 0 Å². The highest BCUT2D eigenvalue weighted by molar-refractivity contribution is 6.00. The summed E-state index contributed by atoms with van der Waals surface area (Å²) in [6.45, 7) is 3.83. The van der Waals surface area contributed by atoms with Crippen molar-refractivity contribution in [3.8, 4) is 17.0 Å². The van der Waals surface area contributed by atoms with E-state index in [0.29, 0.717) is 27.9 Å². The van der Waals surface area contributed by atoms with Crippen LogP contribution < -0.4 is 10.2 Å². The van der Waals surface area contributed by atoms with Crippen LogP contribution in [-0.2, 0) is 4.74 Å². The van der Waals surface area contributed by atoms with Gasteiger partial charge in [-0.15, -0.1) is 0 Å². The van der Waals surface area contributed by atoms with Gasteiger partial charge in [0.1, 0.15) is 11.3 Å². The third-order valence-corrected chi connectivity index (χ3v) is 4.10. The molecule has 0 aliphatic rings. The molecule has 3 rings (SSSR count). The number of pyridine rings is 1. The second-order valence-corrected chi connectivity index (χ2v) is 5.65. The Morgan fingerprint density at radius 3 is 2.48 bits per heavy atom. The Kier molecular flexibility index (Phi) is 4.57.